The predicted molar refractivity (Wildman–Crippen MR) is 79.0 cm³/mol. The zero-order valence-electron chi connectivity index (χ0n) is 12.1. The molecule has 0 saturated heterocycles. The van der Waals surface area contributed by atoms with Crippen LogP contribution in [0.3, 0.4) is 0 Å². The molecule has 0 saturated carbocycles. The molecule has 1 aliphatic carbocycles. The van der Waals surface area contributed by atoms with E-state index in [0.717, 1.165) is 30.8 Å². The maximum Gasteiger partial charge on any atom is 0.119 e. The zero-order chi connectivity index (χ0) is 13.9. The second-order valence-corrected chi connectivity index (χ2v) is 5.48. The van der Waals surface area contributed by atoms with Crippen LogP contribution in [-0.2, 0) is 19.4 Å². The molecule has 2 N–H and O–H groups in total. The van der Waals surface area contributed by atoms with Crippen LogP contribution in [0, 0.1) is 6.92 Å². The SMILES string of the molecule is COc1ccc2c(c1)CC(NCc1cn[nH]c1C)CC2. The molecule has 0 amide bonds. The Morgan fingerprint density at radius 3 is 3.05 bits per heavy atom. The van der Waals surface area contributed by atoms with Crippen molar-refractivity contribution < 1.29 is 4.74 Å². The summed E-state index contributed by atoms with van der Waals surface area (Å²) in [5.41, 5.74) is 5.28. The van der Waals surface area contributed by atoms with Gasteiger partial charge in [-0.1, -0.05) is 6.07 Å². The van der Waals surface area contributed by atoms with E-state index in [4.69, 9.17) is 4.74 Å². The van der Waals surface area contributed by atoms with Gasteiger partial charge in [0.25, 0.3) is 0 Å². The van der Waals surface area contributed by atoms with Crippen LogP contribution in [0.5, 0.6) is 5.75 Å². The van der Waals surface area contributed by atoms with Crippen LogP contribution in [0.4, 0.5) is 0 Å². The van der Waals surface area contributed by atoms with Crippen molar-refractivity contribution in [1.82, 2.24) is 15.5 Å². The molecule has 0 radical (unpaired) electrons. The van der Waals surface area contributed by atoms with E-state index >= 15 is 0 Å². The van der Waals surface area contributed by atoms with E-state index in [1.165, 1.54) is 23.1 Å². The Morgan fingerprint density at radius 1 is 1.40 bits per heavy atom. The Hall–Kier alpha value is -1.81. The average Bonchev–Trinajstić information content (AvgIpc) is 2.89. The van der Waals surface area contributed by atoms with Crippen LogP contribution >= 0.6 is 0 Å². The molecule has 4 nitrogen and oxygen atoms in total. The molecule has 3 rings (SSSR count). The number of nitrogens with one attached hydrogen (secondary N) is 2. The topological polar surface area (TPSA) is 49.9 Å². The molecule has 1 atom stereocenters. The van der Waals surface area contributed by atoms with Gasteiger partial charge in [-0.25, -0.2) is 0 Å². The fourth-order valence-corrected chi connectivity index (χ4v) is 2.84. The number of ether oxygens (including phenoxy) is 1. The highest BCUT2D eigenvalue weighted by molar-refractivity contribution is 5.37. The van der Waals surface area contributed by atoms with Crippen LogP contribution in [-0.4, -0.2) is 23.3 Å². The number of methoxy groups -OCH3 is 1. The molecule has 1 unspecified atom stereocenters. The van der Waals surface area contributed by atoms with E-state index in [9.17, 15) is 0 Å². The fraction of sp³-hybridized carbons (Fsp3) is 0.438. The number of fused-ring (bicyclic) bond motifs is 1. The third-order valence-corrected chi connectivity index (χ3v) is 4.16. The largest absolute Gasteiger partial charge is 0.497 e. The van der Waals surface area contributed by atoms with Crippen molar-refractivity contribution in [1.29, 1.82) is 0 Å². The highest BCUT2D eigenvalue weighted by atomic mass is 16.5. The monoisotopic (exact) mass is 271 g/mol. The lowest BCUT2D eigenvalue weighted by molar-refractivity contribution is 0.411. The Bertz CT molecular complexity index is 591. The molecule has 0 spiro atoms. The second kappa shape index (κ2) is 5.67. The number of aryl methyl sites for hydroxylation is 2. The van der Waals surface area contributed by atoms with Gasteiger partial charge >= 0.3 is 0 Å². The van der Waals surface area contributed by atoms with E-state index in [0.29, 0.717) is 6.04 Å². The van der Waals surface area contributed by atoms with Gasteiger partial charge in [-0.3, -0.25) is 5.10 Å². The number of benzene rings is 1. The fourth-order valence-electron chi connectivity index (χ4n) is 2.84. The summed E-state index contributed by atoms with van der Waals surface area (Å²) in [5.74, 6) is 0.954. The minimum absolute atomic E-state index is 0.531. The number of aromatic amines is 1. The first-order valence-electron chi connectivity index (χ1n) is 7.14. The molecule has 106 valence electrons. The standard InChI is InChI=1S/C16H21N3O/c1-11-14(10-18-19-11)9-17-15-5-3-12-4-6-16(20-2)8-13(12)7-15/h4,6,8,10,15,17H,3,5,7,9H2,1-2H3,(H,18,19). The maximum absolute atomic E-state index is 5.32. The quantitative estimate of drug-likeness (QED) is 0.897. The van der Waals surface area contributed by atoms with Gasteiger partial charge in [0.1, 0.15) is 5.75 Å². The number of rotatable bonds is 4. The lowest BCUT2D eigenvalue weighted by atomic mass is 9.88. The van der Waals surface area contributed by atoms with E-state index in [1.807, 2.05) is 6.20 Å². The summed E-state index contributed by atoms with van der Waals surface area (Å²) in [4.78, 5) is 0. The van der Waals surface area contributed by atoms with Crippen molar-refractivity contribution in [3.8, 4) is 5.75 Å². The molecule has 0 bridgehead atoms. The Morgan fingerprint density at radius 2 is 2.30 bits per heavy atom. The zero-order valence-corrected chi connectivity index (χ0v) is 12.1. The Kier molecular flexibility index (Phi) is 3.74. The molecule has 0 aliphatic heterocycles. The van der Waals surface area contributed by atoms with E-state index in [2.05, 4.69) is 40.6 Å². The van der Waals surface area contributed by atoms with Gasteiger partial charge in [-0.05, 0) is 49.4 Å². The smallest absolute Gasteiger partial charge is 0.119 e. The van der Waals surface area contributed by atoms with E-state index < -0.39 is 0 Å². The first kappa shape index (κ1) is 13.2. The number of hydrogen-bond acceptors (Lipinski definition) is 3. The molecule has 1 aromatic heterocycles. The molecule has 1 aromatic carbocycles. The van der Waals surface area contributed by atoms with Gasteiger partial charge in [0.15, 0.2) is 0 Å². The summed E-state index contributed by atoms with van der Waals surface area (Å²) in [5, 5.41) is 10.7. The van der Waals surface area contributed by atoms with Gasteiger partial charge in [0, 0.05) is 23.8 Å². The van der Waals surface area contributed by atoms with Crippen LogP contribution in [0.1, 0.15) is 28.8 Å². The molecular formula is C16H21N3O. The Labute approximate surface area is 119 Å². The molecule has 2 aromatic rings. The highest BCUT2D eigenvalue weighted by Crippen LogP contribution is 2.25. The Balaban J connectivity index is 1.64. The molecule has 4 heteroatoms. The summed E-state index contributed by atoms with van der Waals surface area (Å²) >= 11 is 0. The molecular weight excluding hydrogens is 250 g/mol. The number of hydrogen-bond donors (Lipinski definition) is 2. The predicted octanol–water partition coefficient (Wildman–Crippen LogP) is 2.37. The van der Waals surface area contributed by atoms with Crippen LogP contribution in [0.25, 0.3) is 0 Å². The third-order valence-electron chi connectivity index (χ3n) is 4.16. The van der Waals surface area contributed by atoms with Gasteiger partial charge in [-0.15, -0.1) is 0 Å². The summed E-state index contributed by atoms with van der Waals surface area (Å²) < 4.78 is 5.32. The van der Waals surface area contributed by atoms with Crippen molar-refractivity contribution in [2.24, 2.45) is 0 Å². The third kappa shape index (κ3) is 2.70. The number of nitrogens with zero attached hydrogens (tertiary/aromatic N) is 1. The first-order valence-corrected chi connectivity index (χ1v) is 7.14. The van der Waals surface area contributed by atoms with Crippen molar-refractivity contribution >= 4 is 0 Å². The summed E-state index contributed by atoms with van der Waals surface area (Å²) in [7, 11) is 1.72. The van der Waals surface area contributed by atoms with Gasteiger partial charge < -0.3 is 10.1 Å². The normalized spacial score (nSPS) is 17.8. The van der Waals surface area contributed by atoms with E-state index in [-0.39, 0.29) is 0 Å². The summed E-state index contributed by atoms with van der Waals surface area (Å²) in [6.07, 6.45) is 5.31. The van der Waals surface area contributed by atoms with Gasteiger partial charge in [-0.2, -0.15) is 5.10 Å². The minimum atomic E-state index is 0.531. The molecule has 0 fully saturated rings. The molecule has 20 heavy (non-hydrogen) atoms. The van der Waals surface area contributed by atoms with Crippen LogP contribution < -0.4 is 10.1 Å². The lowest BCUT2D eigenvalue weighted by Gasteiger charge is -2.26. The molecule has 1 aliphatic rings. The summed E-state index contributed by atoms with van der Waals surface area (Å²) in [6.45, 7) is 2.94. The van der Waals surface area contributed by atoms with Gasteiger partial charge in [0.05, 0.1) is 13.3 Å². The second-order valence-electron chi connectivity index (χ2n) is 5.48. The first-order chi connectivity index (χ1) is 9.76. The van der Waals surface area contributed by atoms with Crippen molar-refractivity contribution in [2.45, 2.75) is 38.8 Å². The van der Waals surface area contributed by atoms with Gasteiger partial charge in [0.2, 0.25) is 0 Å². The van der Waals surface area contributed by atoms with Crippen LogP contribution in [0.2, 0.25) is 0 Å². The lowest BCUT2D eigenvalue weighted by Crippen LogP contribution is -2.34. The van der Waals surface area contributed by atoms with Crippen molar-refractivity contribution in [2.75, 3.05) is 7.11 Å². The molecule has 1 heterocycles. The van der Waals surface area contributed by atoms with Crippen molar-refractivity contribution in [3.05, 3.63) is 46.8 Å². The summed E-state index contributed by atoms with van der Waals surface area (Å²) in [6, 6.07) is 6.96. The van der Waals surface area contributed by atoms with Crippen LogP contribution in [0.15, 0.2) is 24.4 Å². The minimum Gasteiger partial charge on any atom is -0.497 e. The van der Waals surface area contributed by atoms with Crippen molar-refractivity contribution in [3.63, 3.8) is 0 Å². The van der Waals surface area contributed by atoms with E-state index in [1.54, 1.807) is 7.11 Å². The number of H-pyrrole nitrogens is 1. The number of aromatic nitrogens is 2. The average molecular weight is 271 g/mol. The maximum atomic E-state index is 5.32. The highest BCUT2D eigenvalue weighted by Gasteiger charge is 2.19.